The van der Waals surface area contributed by atoms with E-state index in [0.717, 1.165) is 25.7 Å². The normalized spacial score (nSPS) is 19.6. The molecule has 164 valence electrons. The third kappa shape index (κ3) is 5.37. The first-order valence-corrected chi connectivity index (χ1v) is 11.5. The Morgan fingerprint density at radius 2 is 2.10 bits per heavy atom. The van der Waals surface area contributed by atoms with Crippen LogP contribution in [0.25, 0.3) is 11.3 Å². The predicted molar refractivity (Wildman–Crippen MR) is 111 cm³/mol. The molecule has 1 aliphatic rings. The summed E-state index contributed by atoms with van der Waals surface area (Å²) >= 11 is 5.93. The van der Waals surface area contributed by atoms with E-state index in [2.05, 4.69) is 10.4 Å². The maximum absolute atomic E-state index is 14.4. The van der Waals surface area contributed by atoms with E-state index in [1.165, 1.54) is 12.1 Å². The topological polar surface area (TPSA) is 102 Å². The molecule has 0 unspecified atom stereocenters. The van der Waals surface area contributed by atoms with E-state index in [9.17, 15) is 17.6 Å². The molecule has 0 saturated heterocycles. The smallest absolute Gasteiger partial charge is 0.269 e. The van der Waals surface area contributed by atoms with Crippen LogP contribution in [0.3, 0.4) is 0 Å². The van der Waals surface area contributed by atoms with Crippen LogP contribution < -0.4 is 10.3 Å². The van der Waals surface area contributed by atoms with Crippen LogP contribution in [0.15, 0.2) is 24.7 Å². The number of carbonyl (C=O) groups is 1. The quantitative estimate of drug-likeness (QED) is 0.621. The molecule has 1 fully saturated rings. The lowest BCUT2D eigenvalue weighted by atomic mass is 9.88. The number of sulfonamides is 1. The number of ether oxygens (including phenoxy) is 1. The van der Waals surface area contributed by atoms with Crippen LogP contribution in [0.2, 0.25) is 5.02 Å². The van der Waals surface area contributed by atoms with Crippen LogP contribution >= 0.6 is 11.6 Å². The minimum Gasteiger partial charge on any atom is -0.381 e. The van der Waals surface area contributed by atoms with Gasteiger partial charge in [0.15, 0.2) is 5.82 Å². The Labute approximate surface area is 179 Å². The fraction of sp³-hybridized carbons (Fsp3) is 0.474. The number of nitrogens with one attached hydrogen (secondary N) is 2. The molecular formula is C19H24ClFN4O4S. The number of aromatic nitrogens is 2. The molecule has 1 aromatic carbocycles. The summed E-state index contributed by atoms with van der Waals surface area (Å²) in [5.41, 5.74) is 2.61. The summed E-state index contributed by atoms with van der Waals surface area (Å²) < 4.78 is 46.4. The van der Waals surface area contributed by atoms with E-state index in [1.54, 1.807) is 31.2 Å². The molecule has 3 rings (SSSR count). The number of benzene rings is 1. The molecule has 2 atom stereocenters. The molecular weight excluding hydrogens is 435 g/mol. The summed E-state index contributed by atoms with van der Waals surface area (Å²) in [6.07, 6.45) is 6.54. The molecule has 1 saturated carbocycles. The first-order valence-electron chi connectivity index (χ1n) is 9.50. The van der Waals surface area contributed by atoms with Crippen LogP contribution in [0.5, 0.6) is 0 Å². The van der Waals surface area contributed by atoms with Gasteiger partial charge in [0.25, 0.3) is 5.91 Å². The highest BCUT2D eigenvalue weighted by Gasteiger charge is 2.30. The fourth-order valence-corrected chi connectivity index (χ4v) is 5.15. The lowest BCUT2D eigenvalue weighted by Crippen LogP contribution is -2.45. The van der Waals surface area contributed by atoms with Crippen molar-refractivity contribution in [3.05, 3.63) is 41.1 Å². The summed E-state index contributed by atoms with van der Waals surface area (Å²) in [5.74, 6) is -2.26. The molecule has 2 N–H and O–H groups in total. The highest BCUT2D eigenvalue weighted by Crippen LogP contribution is 2.28. The first kappa shape index (κ1) is 22.7. The maximum Gasteiger partial charge on any atom is 0.269 e. The van der Waals surface area contributed by atoms with Crippen molar-refractivity contribution < 1.29 is 22.3 Å². The summed E-state index contributed by atoms with van der Waals surface area (Å²) in [5, 5.41) is -0.267. The molecule has 0 radical (unpaired) electrons. The van der Waals surface area contributed by atoms with Crippen LogP contribution in [0.1, 0.15) is 36.0 Å². The Balaban J connectivity index is 1.71. The highest BCUT2D eigenvalue weighted by molar-refractivity contribution is 7.89. The number of hydrogen-bond donors (Lipinski definition) is 2. The van der Waals surface area contributed by atoms with Crippen molar-refractivity contribution in [2.75, 3.05) is 12.9 Å². The van der Waals surface area contributed by atoms with Gasteiger partial charge in [0.1, 0.15) is 0 Å². The predicted octanol–water partition coefficient (Wildman–Crippen LogP) is 2.65. The van der Waals surface area contributed by atoms with Crippen molar-refractivity contribution in [1.82, 2.24) is 19.8 Å². The Morgan fingerprint density at radius 1 is 1.37 bits per heavy atom. The van der Waals surface area contributed by atoms with Crippen molar-refractivity contribution in [2.45, 2.75) is 31.8 Å². The maximum atomic E-state index is 14.4. The van der Waals surface area contributed by atoms with Gasteiger partial charge in [-0.05, 0) is 25.0 Å². The monoisotopic (exact) mass is 458 g/mol. The van der Waals surface area contributed by atoms with E-state index in [1.807, 2.05) is 4.83 Å². The highest BCUT2D eigenvalue weighted by atomic mass is 35.5. The number of aryl methyl sites for hydroxylation is 1. The largest absolute Gasteiger partial charge is 0.381 e. The summed E-state index contributed by atoms with van der Waals surface area (Å²) in [6, 6.07) is 2.63. The van der Waals surface area contributed by atoms with Gasteiger partial charge in [-0.3, -0.25) is 10.2 Å². The fourth-order valence-electron chi connectivity index (χ4n) is 3.65. The number of amides is 1. The molecule has 0 bridgehead atoms. The Kier molecular flexibility index (Phi) is 7.12. The Morgan fingerprint density at radius 3 is 2.77 bits per heavy atom. The molecule has 11 heteroatoms. The second kappa shape index (κ2) is 9.42. The van der Waals surface area contributed by atoms with Gasteiger partial charge in [0.05, 0.1) is 34.5 Å². The van der Waals surface area contributed by atoms with Crippen LogP contribution in [-0.2, 0) is 21.8 Å². The lowest BCUT2D eigenvalue weighted by molar-refractivity contribution is 0.0321. The van der Waals surface area contributed by atoms with Gasteiger partial charge in [-0.2, -0.15) is 0 Å². The van der Waals surface area contributed by atoms with E-state index in [0.29, 0.717) is 11.3 Å². The number of nitrogens with zero attached hydrogens (tertiary/aromatic N) is 2. The third-order valence-corrected chi connectivity index (χ3v) is 6.72. The molecule has 1 heterocycles. The average molecular weight is 459 g/mol. The number of methoxy groups -OCH3 is 1. The van der Waals surface area contributed by atoms with Crippen molar-refractivity contribution in [3.63, 3.8) is 0 Å². The van der Waals surface area contributed by atoms with E-state index >= 15 is 0 Å². The van der Waals surface area contributed by atoms with Crippen LogP contribution in [0.4, 0.5) is 4.39 Å². The lowest BCUT2D eigenvalue weighted by Gasteiger charge is -2.30. The molecule has 1 amide bonds. The zero-order chi connectivity index (χ0) is 21.9. The molecule has 30 heavy (non-hydrogen) atoms. The number of hydrazine groups is 1. The third-order valence-electron chi connectivity index (χ3n) is 5.17. The number of halogens is 2. The number of imidazole rings is 1. The summed E-state index contributed by atoms with van der Waals surface area (Å²) in [6.45, 7) is 0. The van der Waals surface area contributed by atoms with Gasteiger partial charge in [0, 0.05) is 31.8 Å². The first-order chi connectivity index (χ1) is 14.2. The molecule has 1 aromatic heterocycles. The van der Waals surface area contributed by atoms with Gasteiger partial charge in [0.2, 0.25) is 10.0 Å². The van der Waals surface area contributed by atoms with Crippen molar-refractivity contribution in [1.29, 1.82) is 0 Å². The minimum absolute atomic E-state index is 0.141. The van der Waals surface area contributed by atoms with Gasteiger partial charge >= 0.3 is 0 Å². The Bertz CT molecular complexity index is 1030. The number of hydrogen-bond acceptors (Lipinski definition) is 5. The van der Waals surface area contributed by atoms with Gasteiger partial charge in [-0.25, -0.2) is 17.8 Å². The SMILES string of the molecule is CO[C@H]1CCCC[C@@H]1CS(=O)(=O)NNC(=O)c1cc(-c2cn(C)cn2)cc(Cl)c1F. The average Bonchev–Trinajstić information content (AvgIpc) is 3.14. The molecule has 2 aromatic rings. The van der Waals surface area contributed by atoms with Crippen molar-refractivity contribution in [3.8, 4) is 11.3 Å². The standard InChI is InChI=1S/C19H24ClFN4O4S/c1-25-9-16(22-11-25)13-7-14(18(21)15(20)8-13)19(26)23-24-30(27,28)10-12-5-3-4-6-17(12)29-2/h7-9,11-12,17,24H,3-6,10H2,1-2H3,(H,23,26)/t12-,17+/m1/s1. The second-order valence-electron chi connectivity index (χ2n) is 7.40. The molecule has 8 nitrogen and oxygen atoms in total. The zero-order valence-electron chi connectivity index (χ0n) is 16.7. The summed E-state index contributed by atoms with van der Waals surface area (Å²) in [4.78, 5) is 18.7. The minimum atomic E-state index is -3.84. The van der Waals surface area contributed by atoms with Gasteiger partial charge < -0.3 is 9.30 Å². The number of rotatable bonds is 7. The number of carbonyl (C=O) groups excluding carboxylic acids is 1. The van der Waals surface area contributed by atoms with Crippen molar-refractivity contribution >= 4 is 27.5 Å². The van der Waals surface area contributed by atoms with E-state index < -0.39 is 27.3 Å². The summed E-state index contributed by atoms with van der Waals surface area (Å²) in [7, 11) is -0.513. The molecule has 0 aliphatic heterocycles. The van der Waals surface area contributed by atoms with Crippen molar-refractivity contribution in [2.24, 2.45) is 13.0 Å². The Hall–Kier alpha value is -2.01. The van der Waals surface area contributed by atoms with Gasteiger partial charge in [-0.15, -0.1) is 4.83 Å². The van der Waals surface area contributed by atoms with E-state index in [-0.39, 0.29) is 22.8 Å². The van der Waals surface area contributed by atoms with Crippen LogP contribution in [-0.4, -0.2) is 42.8 Å². The van der Waals surface area contributed by atoms with Gasteiger partial charge in [-0.1, -0.05) is 24.4 Å². The zero-order valence-corrected chi connectivity index (χ0v) is 18.3. The molecule has 0 spiro atoms. The molecule has 1 aliphatic carbocycles. The van der Waals surface area contributed by atoms with Crippen LogP contribution in [0, 0.1) is 11.7 Å². The van der Waals surface area contributed by atoms with E-state index in [4.69, 9.17) is 16.3 Å². The second-order valence-corrected chi connectivity index (χ2v) is 9.57.